The number of hydrogen-bond donors (Lipinski definition) is 2. The average molecular weight is 339 g/mol. The molecule has 1 saturated carbocycles. The number of pyridine rings is 1. The number of nitrogens with one attached hydrogen (secondary N) is 2. The molecule has 0 unspecified atom stereocenters. The Labute approximate surface area is 146 Å². The van der Waals surface area contributed by atoms with Gasteiger partial charge in [-0.2, -0.15) is 0 Å². The van der Waals surface area contributed by atoms with E-state index in [1.54, 1.807) is 12.3 Å². The quantitative estimate of drug-likeness (QED) is 0.894. The van der Waals surface area contributed by atoms with E-state index in [1.165, 1.54) is 12.8 Å². The van der Waals surface area contributed by atoms with Gasteiger partial charge in [0.05, 0.1) is 11.9 Å². The predicted molar refractivity (Wildman–Crippen MR) is 94.7 cm³/mol. The van der Waals surface area contributed by atoms with E-state index < -0.39 is 0 Å². The van der Waals surface area contributed by atoms with E-state index in [-0.39, 0.29) is 5.91 Å². The normalized spacial score (nSPS) is 16.5. The molecule has 2 aromatic rings. The second-order valence-electron chi connectivity index (χ2n) is 6.37. The van der Waals surface area contributed by atoms with Gasteiger partial charge in [0.15, 0.2) is 11.5 Å². The minimum atomic E-state index is -0.0993. The van der Waals surface area contributed by atoms with E-state index in [0.29, 0.717) is 24.9 Å². The van der Waals surface area contributed by atoms with Gasteiger partial charge >= 0.3 is 0 Å². The van der Waals surface area contributed by atoms with E-state index in [0.717, 1.165) is 35.7 Å². The number of nitrogens with zero attached hydrogens (tertiary/aromatic N) is 1. The summed E-state index contributed by atoms with van der Waals surface area (Å²) in [6.45, 7) is 1.14. The Morgan fingerprint density at radius 2 is 1.76 bits per heavy atom. The molecule has 6 heteroatoms. The van der Waals surface area contributed by atoms with Gasteiger partial charge < -0.3 is 20.1 Å². The lowest BCUT2D eigenvalue weighted by Crippen LogP contribution is -2.33. The van der Waals surface area contributed by atoms with Crippen molar-refractivity contribution < 1.29 is 14.3 Å². The van der Waals surface area contributed by atoms with Crippen LogP contribution in [0, 0.1) is 0 Å². The largest absolute Gasteiger partial charge is 0.486 e. The fourth-order valence-electron chi connectivity index (χ4n) is 3.22. The van der Waals surface area contributed by atoms with Crippen LogP contribution in [0.4, 0.5) is 11.4 Å². The fourth-order valence-corrected chi connectivity index (χ4v) is 3.22. The summed E-state index contributed by atoms with van der Waals surface area (Å²) in [5.74, 6) is 1.39. The van der Waals surface area contributed by atoms with Crippen LogP contribution in [0.15, 0.2) is 36.5 Å². The molecule has 25 heavy (non-hydrogen) atoms. The molecule has 1 aromatic carbocycles. The molecule has 1 aromatic heterocycles. The van der Waals surface area contributed by atoms with Gasteiger partial charge in [-0.15, -0.1) is 0 Å². The van der Waals surface area contributed by atoms with E-state index in [2.05, 4.69) is 15.6 Å². The molecule has 2 aliphatic rings. The topological polar surface area (TPSA) is 72.5 Å². The van der Waals surface area contributed by atoms with Crippen LogP contribution in [0.25, 0.3) is 0 Å². The number of rotatable bonds is 4. The summed E-state index contributed by atoms with van der Waals surface area (Å²) in [7, 11) is 0. The smallest absolute Gasteiger partial charge is 0.270 e. The molecular formula is C19H21N3O3. The Kier molecular flexibility index (Phi) is 4.41. The highest BCUT2D eigenvalue weighted by molar-refractivity contribution is 5.92. The van der Waals surface area contributed by atoms with Crippen molar-refractivity contribution >= 4 is 17.3 Å². The van der Waals surface area contributed by atoms with Crippen molar-refractivity contribution in [1.29, 1.82) is 0 Å². The molecule has 0 atom stereocenters. The second kappa shape index (κ2) is 7.01. The summed E-state index contributed by atoms with van der Waals surface area (Å²) in [5, 5.41) is 6.31. The zero-order valence-corrected chi connectivity index (χ0v) is 14.0. The van der Waals surface area contributed by atoms with Gasteiger partial charge in [0.1, 0.15) is 18.9 Å². The van der Waals surface area contributed by atoms with Crippen LogP contribution in [-0.2, 0) is 0 Å². The maximum atomic E-state index is 12.2. The van der Waals surface area contributed by atoms with E-state index >= 15 is 0 Å². The number of anilines is 2. The molecule has 0 bridgehead atoms. The second-order valence-corrected chi connectivity index (χ2v) is 6.37. The number of amides is 1. The third kappa shape index (κ3) is 3.68. The Morgan fingerprint density at radius 1 is 1.00 bits per heavy atom. The third-order valence-electron chi connectivity index (χ3n) is 4.52. The zero-order chi connectivity index (χ0) is 17.1. The number of aromatic nitrogens is 1. The number of hydrogen-bond acceptors (Lipinski definition) is 5. The van der Waals surface area contributed by atoms with Gasteiger partial charge in [-0.25, -0.2) is 4.98 Å². The lowest BCUT2D eigenvalue weighted by atomic mass is 10.2. The number of fused-ring (bicyclic) bond motifs is 1. The molecule has 2 N–H and O–H groups in total. The predicted octanol–water partition coefficient (Wildman–Crippen LogP) is 3.27. The van der Waals surface area contributed by atoms with Crippen LogP contribution in [0.1, 0.15) is 36.2 Å². The molecule has 0 spiro atoms. The molecule has 4 rings (SSSR count). The van der Waals surface area contributed by atoms with Gasteiger partial charge in [-0.3, -0.25) is 4.79 Å². The fraction of sp³-hybridized carbons (Fsp3) is 0.368. The van der Waals surface area contributed by atoms with Crippen LogP contribution >= 0.6 is 0 Å². The minimum absolute atomic E-state index is 0.0993. The SMILES string of the molecule is O=C(NC1CCCC1)c1ccc(Nc2ccc3c(c2)OCCO3)cn1. The van der Waals surface area contributed by atoms with Gasteiger partial charge in [-0.1, -0.05) is 12.8 Å². The third-order valence-corrected chi connectivity index (χ3v) is 4.52. The van der Waals surface area contributed by atoms with Crippen molar-refractivity contribution in [1.82, 2.24) is 10.3 Å². The first-order valence-corrected chi connectivity index (χ1v) is 8.71. The van der Waals surface area contributed by atoms with E-state index in [9.17, 15) is 4.79 Å². The van der Waals surface area contributed by atoms with Crippen LogP contribution < -0.4 is 20.1 Å². The number of carbonyl (C=O) groups excluding carboxylic acids is 1. The van der Waals surface area contributed by atoms with E-state index in [4.69, 9.17) is 9.47 Å². The molecule has 2 heterocycles. The zero-order valence-electron chi connectivity index (χ0n) is 14.0. The number of benzene rings is 1. The lowest BCUT2D eigenvalue weighted by Gasteiger charge is -2.19. The Hall–Kier alpha value is -2.76. The Bertz CT molecular complexity index is 755. The van der Waals surface area contributed by atoms with Crippen molar-refractivity contribution in [3.05, 3.63) is 42.2 Å². The summed E-state index contributed by atoms with van der Waals surface area (Å²) in [6, 6.07) is 9.60. The van der Waals surface area contributed by atoms with Crippen molar-refractivity contribution in [3.63, 3.8) is 0 Å². The first-order valence-electron chi connectivity index (χ1n) is 8.71. The standard InChI is InChI=1S/C19H21N3O3/c23-19(22-13-3-1-2-4-13)16-7-5-15(12-20-16)21-14-6-8-17-18(11-14)25-10-9-24-17/h5-8,11-13,21H,1-4,9-10H2,(H,22,23). The minimum Gasteiger partial charge on any atom is -0.486 e. The summed E-state index contributed by atoms with van der Waals surface area (Å²) in [4.78, 5) is 16.5. The molecular weight excluding hydrogens is 318 g/mol. The molecule has 6 nitrogen and oxygen atoms in total. The molecule has 0 saturated heterocycles. The van der Waals surface area contributed by atoms with Crippen molar-refractivity contribution in [2.24, 2.45) is 0 Å². The molecule has 1 aliphatic heterocycles. The molecule has 1 aliphatic carbocycles. The Balaban J connectivity index is 1.41. The average Bonchev–Trinajstić information content (AvgIpc) is 3.15. The number of ether oxygens (including phenoxy) is 2. The maximum absolute atomic E-state index is 12.2. The van der Waals surface area contributed by atoms with Crippen LogP contribution in [0.5, 0.6) is 11.5 Å². The first kappa shape index (κ1) is 15.7. The van der Waals surface area contributed by atoms with Gasteiger partial charge in [0, 0.05) is 17.8 Å². The maximum Gasteiger partial charge on any atom is 0.270 e. The molecule has 130 valence electrons. The summed E-state index contributed by atoms with van der Waals surface area (Å²) in [5.41, 5.74) is 2.14. The molecule has 1 amide bonds. The van der Waals surface area contributed by atoms with Gasteiger partial charge in [0.2, 0.25) is 0 Å². The van der Waals surface area contributed by atoms with Crippen molar-refractivity contribution in [2.75, 3.05) is 18.5 Å². The highest BCUT2D eigenvalue weighted by Gasteiger charge is 2.18. The van der Waals surface area contributed by atoms with E-state index in [1.807, 2.05) is 24.3 Å². The first-order chi connectivity index (χ1) is 12.3. The van der Waals surface area contributed by atoms with Gasteiger partial charge in [0.25, 0.3) is 5.91 Å². The number of carbonyl (C=O) groups is 1. The summed E-state index contributed by atoms with van der Waals surface area (Å²) < 4.78 is 11.1. The summed E-state index contributed by atoms with van der Waals surface area (Å²) >= 11 is 0. The van der Waals surface area contributed by atoms with Crippen LogP contribution in [-0.4, -0.2) is 30.1 Å². The molecule has 1 fully saturated rings. The van der Waals surface area contributed by atoms with Crippen molar-refractivity contribution in [3.8, 4) is 11.5 Å². The van der Waals surface area contributed by atoms with Crippen LogP contribution in [0.2, 0.25) is 0 Å². The van der Waals surface area contributed by atoms with Crippen molar-refractivity contribution in [2.45, 2.75) is 31.7 Å². The highest BCUT2D eigenvalue weighted by Crippen LogP contribution is 2.33. The Morgan fingerprint density at radius 3 is 2.52 bits per heavy atom. The summed E-state index contributed by atoms with van der Waals surface area (Å²) in [6.07, 6.45) is 6.18. The lowest BCUT2D eigenvalue weighted by molar-refractivity contribution is 0.0933. The molecule has 0 radical (unpaired) electrons. The van der Waals surface area contributed by atoms with Gasteiger partial charge in [-0.05, 0) is 37.1 Å². The monoisotopic (exact) mass is 339 g/mol. The highest BCUT2D eigenvalue weighted by atomic mass is 16.6. The van der Waals surface area contributed by atoms with Crippen LogP contribution in [0.3, 0.4) is 0 Å².